The topological polar surface area (TPSA) is 0 Å². The summed E-state index contributed by atoms with van der Waals surface area (Å²) in [6.45, 7) is 2.26. The molecule has 0 amide bonds. The number of benzene rings is 2. The Morgan fingerprint density at radius 2 is 1.28 bits per heavy atom. The molecule has 0 saturated carbocycles. The zero-order valence-electron chi connectivity index (χ0n) is 10.7. The van der Waals surface area contributed by atoms with Crippen molar-refractivity contribution in [3.05, 3.63) is 60.7 Å². The predicted octanol–water partition coefficient (Wildman–Crippen LogP) is 4.77. The van der Waals surface area contributed by atoms with E-state index in [1.165, 1.54) is 29.6 Å². The molecule has 0 bridgehead atoms. The molecule has 94 valence electrons. The maximum absolute atomic E-state index is 4.11. The minimum absolute atomic E-state index is 1.23. The van der Waals surface area contributed by atoms with Crippen molar-refractivity contribution in [2.75, 3.05) is 6.16 Å². The lowest BCUT2D eigenvalue weighted by atomic mass is 10.4. The first-order valence-electron chi connectivity index (χ1n) is 6.46. The van der Waals surface area contributed by atoms with Gasteiger partial charge in [0.2, 0.25) is 0 Å². The summed E-state index contributed by atoms with van der Waals surface area (Å²) in [5.41, 5.74) is 0. The highest BCUT2D eigenvalue weighted by Crippen LogP contribution is 2.64. The Kier molecular flexibility index (Phi) is 4.97. The highest BCUT2D eigenvalue weighted by atomic mass is 79.9. The molecule has 0 aliphatic carbocycles. The quantitative estimate of drug-likeness (QED) is 0.696. The first-order valence-corrected chi connectivity index (χ1v) is 10.5. The smallest absolute Gasteiger partial charge is 0.0652 e. The largest absolute Gasteiger partial charge is 0.151 e. The molecule has 0 aliphatic rings. The minimum atomic E-state index is -1.38. The molecule has 0 unspecified atom stereocenters. The third-order valence-electron chi connectivity index (χ3n) is 3.15. The molecule has 0 N–H and O–H groups in total. The standard InChI is InChI=1S/C16H19BrP/c1-2-3-14-18(17,15-10-6-4-7-11-15)16-12-8-5-9-13-16/h4-13H,2-3,14H2,1H3/q+1. The van der Waals surface area contributed by atoms with Crippen molar-refractivity contribution in [2.45, 2.75) is 19.8 Å². The number of hydrogen-bond acceptors (Lipinski definition) is 0. The summed E-state index contributed by atoms with van der Waals surface area (Å²) in [6.07, 6.45) is 3.74. The van der Waals surface area contributed by atoms with E-state index in [1.54, 1.807) is 0 Å². The molecule has 0 radical (unpaired) electrons. The Balaban J connectivity index is 2.41. The van der Waals surface area contributed by atoms with Crippen LogP contribution in [0.25, 0.3) is 0 Å². The molecule has 2 heteroatoms. The van der Waals surface area contributed by atoms with Gasteiger partial charge >= 0.3 is 0 Å². The van der Waals surface area contributed by atoms with Crippen LogP contribution in [-0.2, 0) is 0 Å². The van der Waals surface area contributed by atoms with Crippen molar-refractivity contribution in [3.8, 4) is 0 Å². The van der Waals surface area contributed by atoms with E-state index in [0.29, 0.717) is 0 Å². The lowest BCUT2D eigenvalue weighted by Crippen LogP contribution is -2.20. The molecule has 18 heavy (non-hydrogen) atoms. The maximum Gasteiger partial charge on any atom is 0.151 e. The third kappa shape index (κ3) is 3.02. The molecule has 2 aromatic carbocycles. The van der Waals surface area contributed by atoms with E-state index in [-0.39, 0.29) is 0 Å². The summed E-state index contributed by atoms with van der Waals surface area (Å²) in [7, 11) is 0. The number of halogens is 1. The molecule has 2 rings (SSSR count). The average molecular weight is 322 g/mol. The number of hydrogen-bond donors (Lipinski definition) is 0. The van der Waals surface area contributed by atoms with E-state index in [4.69, 9.17) is 0 Å². The SMILES string of the molecule is CCCC[P+](Br)(c1ccccc1)c1ccccc1. The molecule has 2 aromatic rings. The molecular weight excluding hydrogens is 303 g/mol. The van der Waals surface area contributed by atoms with Crippen molar-refractivity contribution in [2.24, 2.45) is 0 Å². The van der Waals surface area contributed by atoms with Crippen LogP contribution in [0.15, 0.2) is 60.7 Å². The normalized spacial score (nSPS) is 11.4. The summed E-state index contributed by atoms with van der Waals surface area (Å²) in [5, 5.41) is 2.90. The van der Waals surface area contributed by atoms with Crippen molar-refractivity contribution < 1.29 is 0 Å². The minimum Gasteiger partial charge on any atom is -0.0652 e. The second-order valence-electron chi connectivity index (χ2n) is 4.46. The Morgan fingerprint density at radius 1 is 0.833 bits per heavy atom. The van der Waals surface area contributed by atoms with Gasteiger partial charge in [-0.1, -0.05) is 49.7 Å². The Labute approximate surface area is 119 Å². The van der Waals surface area contributed by atoms with Gasteiger partial charge in [-0.2, -0.15) is 0 Å². The lowest BCUT2D eigenvalue weighted by Gasteiger charge is -2.19. The van der Waals surface area contributed by atoms with Gasteiger partial charge in [-0.15, -0.1) is 0 Å². The Morgan fingerprint density at radius 3 is 1.67 bits per heavy atom. The van der Waals surface area contributed by atoms with Crippen molar-refractivity contribution in [1.82, 2.24) is 0 Å². The van der Waals surface area contributed by atoms with Gasteiger partial charge in [-0.3, -0.25) is 0 Å². The van der Waals surface area contributed by atoms with Gasteiger partial charge in [0, 0.05) is 0 Å². The van der Waals surface area contributed by atoms with E-state index in [1.807, 2.05) is 0 Å². The van der Waals surface area contributed by atoms with Gasteiger partial charge in [0.25, 0.3) is 0 Å². The molecule has 0 aromatic heterocycles. The van der Waals surface area contributed by atoms with Crippen LogP contribution in [0, 0.1) is 0 Å². The van der Waals surface area contributed by atoms with Crippen LogP contribution in [0.1, 0.15) is 19.8 Å². The van der Waals surface area contributed by atoms with Crippen LogP contribution in [-0.4, -0.2) is 6.16 Å². The fourth-order valence-corrected chi connectivity index (χ4v) is 7.14. The van der Waals surface area contributed by atoms with Crippen molar-refractivity contribution >= 4 is 32.1 Å². The van der Waals surface area contributed by atoms with Gasteiger partial charge in [0.15, 0.2) is 15.5 Å². The summed E-state index contributed by atoms with van der Waals surface area (Å²) in [6, 6.07) is 21.8. The van der Waals surface area contributed by atoms with Crippen LogP contribution >= 0.6 is 21.5 Å². The molecular formula is C16H19BrP+. The van der Waals surface area contributed by atoms with Crippen LogP contribution in [0.2, 0.25) is 0 Å². The third-order valence-corrected chi connectivity index (χ3v) is 9.84. The highest BCUT2D eigenvalue weighted by molar-refractivity contribution is 9.43. The van der Waals surface area contributed by atoms with Gasteiger partial charge in [-0.05, 0) is 30.7 Å². The van der Waals surface area contributed by atoms with Crippen LogP contribution in [0.4, 0.5) is 0 Å². The molecule has 0 aliphatic heterocycles. The molecule has 0 saturated heterocycles. The monoisotopic (exact) mass is 321 g/mol. The second-order valence-corrected chi connectivity index (χ2v) is 11.0. The molecule has 0 fully saturated rings. The highest BCUT2D eigenvalue weighted by Gasteiger charge is 2.39. The second kappa shape index (κ2) is 6.50. The average Bonchev–Trinajstić information content (AvgIpc) is 2.46. The van der Waals surface area contributed by atoms with Gasteiger partial charge in [0.05, 0.1) is 6.16 Å². The molecule has 0 nitrogen and oxygen atoms in total. The Bertz CT molecular complexity index is 427. The summed E-state index contributed by atoms with van der Waals surface area (Å²) >= 11 is 4.11. The summed E-state index contributed by atoms with van der Waals surface area (Å²) in [4.78, 5) is 0. The first-order chi connectivity index (χ1) is 8.77. The fourth-order valence-electron chi connectivity index (χ4n) is 2.11. The van der Waals surface area contributed by atoms with Gasteiger partial charge in [-0.25, -0.2) is 0 Å². The van der Waals surface area contributed by atoms with E-state index in [2.05, 4.69) is 83.1 Å². The van der Waals surface area contributed by atoms with E-state index in [9.17, 15) is 0 Å². The molecule has 0 heterocycles. The van der Waals surface area contributed by atoms with Gasteiger partial charge < -0.3 is 0 Å². The van der Waals surface area contributed by atoms with Crippen LogP contribution in [0.3, 0.4) is 0 Å². The molecule has 0 atom stereocenters. The number of unbranched alkanes of at least 4 members (excludes halogenated alkanes) is 1. The van der Waals surface area contributed by atoms with Crippen LogP contribution < -0.4 is 10.6 Å². The molecule has 0 spiro atoms. The zero-order chi connectivity index (χ0) is 12.8. The fraction of sp³-hybridized carbons (Fsp3) is 0.250. The van der Waals surface area contributed by atoms with Crippen molar-refractivity contribution in [1.29, 1.82) is 0 Å². The summed E-state index contributed by atoms with van der Waals surface area (Å²) < 4.78 is 0. The predicted molar refractivity (Wildman–Crippen MR) is 87.8 cm³/mol. The lowest BCUT2D eigenvalue weighted by molar-refractivity contribution is 0.893. The maximum atomic E-state index is 4.11. The first kappa shape index (κ1) is 13.8. The Hall–Kier alpha value is -0.650. The van der Waals surface area contributed by atoms with Crippen molar-refractivity contribution in [3.63, 3.8) is 0 Å². The summed E-state index contributed by atoms with van der Waals surface area (Å²) in [5.74, 6) is -1.38. The van der Waals surface area contributed by atoms with Gasteiger partial charge in [0.1, 0.15) is 16.6 Å². The van der Waals surface area contributed by atoms with E-state index >= 15 is 0 Å². The van der Waals surface area contributed by atoms with E-state index in [0.717, 1.165) is 0 Å². The zero-order valence-corrected chi connectivity index (χ0v) is 13.2. The number of rotatable bonds is 5. The van der Waals surface area contributed by atoms with Crippen LogP contribution in [0.5, 0.6) is 0 Å². The van der Waals surface area contributed by atoms with E-state index < -0.39 is 5.96 Å².